The van der Waals surface area contributed by atoms with E-state index in [1.165, 1.54) is 22.7 Å². The fraction of sp³-hybridized carbons (Fsp3) is 0.167. The number of carbonyl (C=O) groups excluding carboxylic acids is 2. The van der Waals surface area contributed by atoms with Gasteiger partial charge in [0, 0.05) is 44.5 Å². The summed E-state index contributed by atoms with van der Waals surface area (Å²) in [4.78, 5) is 89.0. The molecule has 0 spiro atoms. The van der Waals surface area contributed by atoms with E-state index >= 15 is 0 Å². The number of fused-ring (bicyclic) bond motifs is 12. The molecule has 6 aromatic heterocycles. The number of aromatic nitrogens is 8. The van der Waals surface area contributed by atoms with Crippen molar-refractivity contribution in [3.63, 3.8) is 0 Å². The second kappa shape index (κ2) is 31.5. The monoisotopic (exact) mass is 1460 g/mol. The van der Waals surface area contributed by atoms with Gasteiger partial charge in [0.25, 0.3) is 0 Å². The lowest BCUT2D eigenvalue weighted by molar-refractivity contribution is -0.350. The zero-order chi connectivity index (χ0) is 74.4. The summed E-state index contributed by atoms with van der Waals surface area (Å²) >= 11 is 3.00. The molecule has 22 nitrogen and oxygen atoms in total. The van der Waals surface area contributed by atoms with E-state index in [1.807, 2.05) is 153 Å². The van der Waals surface area contributed by atoms with Crippen LogP contribution < -0.4 is 0 Å². The summed E-state index contributed by atoms with van der Waals surface area (Å²) in [7, 11) is 0. The SMILES string of the molecule is C#Cc1cc2c(s1)C(c1ccccc1C)=NCc1c(COOCOCOC(=O)c3ncn4c3CN=C(c3ccccc3C)c3sc(C#C)cc3-4)ncn1-2.C#Cc1ccc2c(c1)C(c1ccccc1C)=NCc1c(COOCOCOC(=O)c3ncn4c3CN=C(c3ccccc3C)c3cc(C#C)ccc3-4)ncn1-2. The molecule has 0 N–H and O–H groups in total. The van der Waals surface area contributed by atoms with Gasteiger partial charge in [-0.1, -0.05) is 121 Å². The molecule has 0 unspecified atom stereocenters. The molecule has 16 rings (SSSR count). The third kappa shape index (κ3) is 14.1. The van der Waals surface area contributed by atoms with Gasteiger partial charge in [-0.25, -0.2) is 49.1 Å². The molecule has 12 aromatic rings. The number of aliphatic imine (C=N–C) groups is 4. The van der Waals surface area contributed by atoms with Crippen LogP contribution in [0.5, 0.6) is 0 Å². The van der Waals surface area contributed by atoms with Gasteiger partial charge in [0.2, 0.25) is 0 Å². The summed E-state index contributed by atoms with van der Waals surface area (Å²) in [6.45, 7) is 8.08. The highest BCUT2D eigenvalue weighted by Crippen LogP contribution is 2.37. The van der Waals surface area contributed by atoms with E-state index in [0.29, 0.717) is 35.9 Å². The van der Waals surface area contributed by atoms with Crippen molar-refractivity contribution in [3.05, 3.63) is 303 Å². The summed E-state index contributed by atoms with van der Waals surface area (Å²) in [5.41, 5.74) is 22.9. The highest BCUT2D eigenvalue weighted by Gasteiger charge is 2.31. The van der Waals surface area contributed by atoms with E-state index in [2.05, 4.69) is 81.7 Å². The van der Waals surface area contributed by atoms with Crippen molar-refractivity contribution >= 4 is 57.5 Å². The number of nitrogens with zero attached hydrogens (tertiary/aromatic N) is 12. The van der Waals surface area contributed by atoms with Crippen molar-refractivity contribution in [2.75, 3.05) is 27.2 Å². The normalized spacial score (nSPS) is 12.8. The van der Waals surface area contributed by atoms with Gasteiger partial charge in [-0.15, -0.1) is 48.4 Å². The van der Waals surface area contributed by atoms with E-state index in [4.69, 9.17) is 84.2 Å². The van der Waals surface area contributed by atoms with E-state index in [-0.39, 0.29) is 64.9 Å². The lowest BCUT2D eigenvalue weighted by atomic mass is 9.95. The van der Waals surface area contributed by atoms with Crippen molar-refractivity contribution in [3.8, 4) is 72.1 Å². The molecule has 0 radical (unpaired) electrons. The Balaban J connectivity index is 0.000000172. The number of esters is 2. The molecule has 0 aliphatic carbocycles. The molecular formula is C84H64N12O10S2. The third-order valence-corrected chi connectivity index (χ3v) is 20.7. The Bertz CT molecular complexity index is 5870. The van der Waals surface area contributed by atoms with Gasteiger partial charge in [0.05, 0.1) is 138 Å². The highest BCUT2D eigenvalue weighted by molar-refractivity contribution is 7.15. The molecule has 10 heterocycles. The van der Waals surface area contributed by atoms with Gasteiger partial charge in [0.1, 0.15) is 25.9 Å². The van der Waals surface area contributed by atoms with Gasteiger partial charge >= 0.3 is 11.9 Å². The molecular weight excluding hydrogens is 1400 g/mol. The number of ether oxygens (including phenoxy) is 4. The third-order valence-electron chi connectivity index (χ3n) is 18.6. The summed E-state index contributed by atoms with van der Waals surface area (Å²) in [6, 6.07) is 47.8. The summed E-state index contributed by atoms with van der Waals surface area (Å²) in [5.74, 6) is 9.61. The Kier molecular flexibility index (Phi) is 20.6. The molecule has 532 valence electrons. The topological polar surface area (TPSA) is 229 Å². The van der Waals surface area contributed by atoms with Crippen LogP contribution in [0, 0.1) is 77.1 Å². The van der Waals surface area contributed by atoms with Crippen LogP contribution >= 0.6 is 22.7 Å². The summed E-state index contributed by atoms with van der Waals surface area (Å²) < 4.78 is 29.3. The molecule has 4 aliphatic heterocycles. The molecule has 0 saturated heterocycles. The van der Waals surface area contributed by atoms with Crippen LogP contribution in [0.4, 0.5) is 0 Å². The van der Waals surface area contributed by atoms with Crippen molar-refractivity contribution in [2.24, 2.45) is 20.0 Å². The Morgan fingerprint density at radius 1 is 0.389 bits per heavy atom. The second-order valence-corrected chi connectivity index (χ2v) is 27.1. The van der Waals surface area contributed by atoms with Crippen LogP contribution in [-0.4, -0.2) is 100 Å². The molecule has 4 aliphatic rings. The maximum atomic E-state index is 13.2. The minimum atomic E-state index is -0.660. The Hall–Kier alpha value is -12.8. The summed E-state index contributed by atoms with van der Waals surface area (Å²) in [5, 5.41) is 0. The number of thiophene rings is 2. The van der Waals surface area contributed by atoms with Crippen molar-refractivity contribution in [1.29, 1.82) is 0 Å². The number of hydrogen-bond acceptors (Lipinski definition) is 20. The van der Waals surface area contributed by atoms with Crippen LogP contribution in [0.15, 0.2) is 191 Å². The number of benzene rings is 6. The van der Waals surface area contributed by atoms with Crippen molar-refractivity contribution in [1.82, 2.24) is 38.2 Å². The fourth-order valence-corrected chi connectivity index (χ4v) is 15.1. The lowest BCUT2D eigenvalue weighted by Gasteiger charge is -2.14. The first kappa shape index (κ1) is 70.8. The molecule has 24 heteroatoms. The highest BCUT2D eigenvalue weighted by atomic mass is 32.1. The van der Waals surface area contributed by atoms with Gasteiger partial charge in [-0.05, 0) is 98.5 Å². The van der Waals surface area contributed by atoms with Gasteiger partial charge in [0.15, 0.2) is 38.6 Å². The van der Waals surface area contributed by atoms with Crippen LogP contribution in [0.3, 0.4) is 0 Å². The Labute approximate surface area is 629 Å². The van der Waals surface area contributed by atoms with Gasteiger partial charge < -0.3 is 23.5 Å². The maximum absolute atomic E-state index is 13.2. The van der Waals surface area contributed by atoms with Crippen molar-refractivity contribution < 1.29 is 48.1 Å². The van der Waals surface area contributed by atoms with Crippen LogP contribution in [-0.2, 0) is 77.9 Å². The molecule has 6 aromatic carbocycles. The molecule has 0 saturated carbocycles. The number of hydrogen-bond donors (Lipinski definition) is 0. The van der Waals surface area contributed by atoms with Crippen LogP contribution in [0.2, 0.25) is 0 Å². The van der Waals surface area contributed by atoms with Crippen LogP contribution in [0.25, 0.3) is 22.7 Å². The van der Waals surface area contributed by atoms with E-state index in [1.54, 1.807) is 25.3 Å². The van der Waals surface area contributed by atoms with Gasteiger partial charge in [-0.2, -0.15) is 0 Å². The minimum Gasteiger partial charge on any atom is -0.434 e. The largest absolute Gasteiger partial charge is 0.434 e. The quantitative estimate of drug-likeness (QED) is 0.0173. The van der Waals surface area contributed by atoms with E-state index in [9.17, 15) is 9.59 Å². The Morgan fingerprint density at radius 3 is 1.14 bits per heavy atom. The first-order valence-electron chi connectivity index (χ1n) is 34.0. The summed E-state index contributed by atoms with van der Waals surface area (Å²) in [6.07, 6.45) is 29.7. The number of carbonyl (C=O) groups is 2. The number of aryl methyl sites for hydroxylation is 4. The molecule has 0 atom stereocenters. The van der Waals surface area contributed by atoms with Crippen molar-refractivity contribution in [2.45, 2.75) is 67.1 Å². The van der Waals surface area contributed by atoms with E-state index in [0.717, 1.165) is 143 Å². The zero-order valence-electron chi connectivity index (χ0n) is 58.8. The first-order chi connectivity index (χ1) is 52.9. The Morgan fingerprint density at radius 2 is 0.741 bits per heavy atom. The zero-order valence-corrected chi connectivity index (χ0v) is 60.4. The number of terminal acetylenes is 4. The predicted octanol–water partition coefficient (Wildman–Crippen LogP) is 13.3. The average Bonchev–Trinajstić information content (AvgIpc) is 1.62. The second-order valence-electron chi connectivity index (χ2n) is 24.9. The lowest BCUT2D eigenvalue weighted by Crippen LogP contribution is -2.13. The first-order valence-corrected chi connectivity index (χ1v) is 35.6. The molecule has 108 heavy (non-hydrogen) atoms. The standard InChI is InChI=1S/C44H34N6O5.C40H30N6O5S2/c1-5-30-15-17-37-34(19-30)41(32-13-9-7-11-28(32)3)45-21-39-36(47-24-49(37)39)23-54-55-27-52-26-53-44(51)43-40-22-46-42(33-14-10-8-12-29(33)4)35-20-31(6-2)16-18-38(35)50(40)25-48-43;1-5-26-15-31-38(52-26)35(28-13-9-7-11-24(28)3)41-17-33-30(43-20-45(31)33)19-50-51-23-48-22-49-40(47)37-34-18-42-36(29-14-10-8-12-25(29)4)39-32(46(34)21-44-37)16-27(6-2)53-39/h1-2,7-20,24-25H,21-23,26-27H2,3-4H3;1-2,7-16,20-21H,17-19,22-23H2,3-4H3. The maximum Gasteiger partial charge on any atom is 0.361 e. The smallest absolute Gasteiger partial charge is 0.361 e. The minimum absolute atomic E-state index is 0.0363. The molecule has 0 fully saturated rings. The van der Waals surface area contributed by atoms with E-state index < -0.39 is 11.9 Å². The van der Waals surface area contributed by atoms with Crippen LogP contribution in [0.1, 0.15) is 141 Å². The fourth-order valence-electron chi connectivity index (χ4n) is 13.2. The molecule has 0 bridgehead atoms. The molecule has 0 amide bonds. The average molecular weight is 1470 g/mol. The number of rotatable bonds is 20. The number of imidazole rings is 4. The van der Waals surface area contributed by atoms with Gasteiger partial charge in [-0.3, -0.25) is 33.7 Å². The predicted molar refractivity (Wildman–Crippen MR) is 408 cm³/mol.